The van der Waals surface area contributed by atoms with E-state index in [4.69, 9.17) is 5.73 Å². The molecule has 0 aliphatic heterocycles. The Balaban J connectivity index is 2.13. The van der Waals surface area contributed by atoms with E-state index >= 15 is 0 Å². The number of carbonyl (C=O) groups is 1. The van der Waals surface area contributed by atoms with Crippen LogP contribution >= 0.6 is 0 Å². The molecule has 2 aromatic rings. The first kappa shape index (κ1) is 13.5. The van der Waals surface area contributed by atoms with Gasteiger partial charge in [-0.1, -0.05) is 19.9 Å². The first-order valence-corrected chi connectivity index (χ1v) is 6.78. The number of benzene rings is 1. The van der Waals surface area contributed by atoms with Crippen LogP contribution in [0.25, 0.3) is 10.9 Å². The van der Waals surface area contributed by atoms with Crippen LogP contribution in [0, 0.1) is 0 Å². The summed E-state index contributed by atoms with van der Waals surface area (Å²) in [6, 6.07) is 7.98. The van der Waals surface area contributed by atoms with Crippen molar-refractivity contribution in [3.8, 4) is 0 Å². The topological polar surface area (TPSA) is 60.0 Å². The van der Waals surface area contributed by atoms with Gasteiger partial charge in [0.1, 0.15) is 6.54 Å². The van der Waals surface area contributed by atoms with Crippen molar-refractivity contribution < 1.29 is 4.79 Å². The first-order chi connectivity index (χ1) is 9.15. The minimum absolute atomic E-state index is 0.0497. The van der Waals surface area contributed by atoms with Gasteiger partial charge in [0.15, 0.2) is 0 Å². The normalized spacial score (nSPS) is 11.1. The zero-order valence-electron chi connectivity index (χ0n) is 11.5. The monoisotopic (exact) mass is 259 g/mol. The fourth-order valence-electron chi connectivity index (χ4n) is 2.31. The molecule has 0 spiro atoms. The van der Waals surface area contributed by atoms with Crippen molar-refractivity contribution in [2.24, 2.45) is 0 Å². The van der Waals surface area contributed by atoms with Crippen LogP contribution in [0.3, 0.4) is 0 Å². The molecule has 1 aromatic carbocycles. The van der Waals surface area contributed by atoms with Crippen LogP contribution in [0.5, 0.6) is 0 Å². The van der Waals surface area contributed by atoms with Crippen molar-refractivity contribution in [2.45, 2.75) is 39.3 Å². The molecule has 0 fully saturated rings. The van der Waals surface area contributed by atoms with Crippen molar-refractivity contribution >= 4 is 22.5 Å². The summed E-state index contributed by atoms with van der Waals surface area (Å²) in [7, 11) is 0. The van der Waals surface area contributed by atoms with E-state index in [1.165, 1.54) is 0 Å². The lowest BCUT2D eigenvalue weighted by Gasteiger charge is -2.15. The Morgan fingerprint density at radius 3 is 2.74 bits per heavy atom. The van der Waals surface area contributed by atoms with Gasteiger partial charge in [0.05, 0.1) is 5.52 Å². The fraction of sp³-hybridized carbons (Fsp3) is 0.400. The van der Waals surface area contributed by atoms with Crippen LogP contribution in [0.4, 0.5) is 5.69 Å². The third kappa shape index (κ3) is 2.89. The zero-order chi connectivity index (χ0) is 13.8. The van der Waals surface area contributed by atoms with Gasteiger partial charge in [-0.3, -0.25) is 4.79 Å². The van der Waals surface area contributed by atoms with Gasteiger partial charge in [-0.2, -0.15) is 0 Å². The average molecular weight is 259 g/mol. The zero-order valence-corrected chi connectivity index (χ0v) is 11.5. The fourth-order valence-corrected chi connectivity index (χ4v) is 2.31. The minimum Gasteiger partial charge on any atom is -0.398 e. The van der Waals surface area contributed by atoms with E-state index in [0.717, 1.165) is 29.4 Å². The molecule has 102 valence electrons. The lowest BCUT2D eigenvalue weighted by atomic mass is 10.2. The van der Waals surface area contributed by atoms with Gasteiger partial charge in [0.25, 0.3) is 0 Å². The number of nitrogens with one attached hydrogen (secondary N) is 1. The Kier molecular flexibility index (Phi) is 4.10. The number of nitrogens with two attached hydrogens (primary N) is 1. The highest BCUT2D eigenvalue weighted by molar-refractivity contribution is 5.92. The van der Waals surface area contributed by atoms with E-state index in [-0.39, 0.29) is 11.9 Å². The second kappa shape index (κ2) is 5.78. The molecule has 0 aliphatic rings. The van der Waals surface area contributed by atoms with E-state index in [2.05, 4.69) is 19.2 Å². The minimum atomic E-state index is 0.0497. The summed E-state index contributed by atoms with van der Waals surface area (Å²) >= 11 is 0. The molecule has 1 amide bonds. The quantitative estimate of drug-likeness (QED) is 0.811. The standard InChI is InChI=1S/C15H21N3O/c1-3-11(4-2)17-15(19)10-18-9-8-12-13(16)6-5-7-14(12)18/h5-9,11H,3-4,10,16H2,1-2H3,(H,17,19). The highest BCUT2D eigenvalue weighted by atomic mass is 16.2. The number of hydrogen-bond donors (Lipinski definition) is 2. The molecule has 19 heavy (non-hydrogen) atoms. The third-order valence-electron chi connectivity index (χ3n) is 3.51. The highest BCUT2D eigenvalue weighted by Crippen LogP contribution is 2.21. The summed E-state index contributed by atoms with van der Waals surface area (Å²) in [5.74, 6) is 0.0497. The molecule has 4 heteroatoms. The molecule has 1 aromatic heterocycles. The molecule has 0 atom stereocenters. The predicted molar refractivity (Wildman–Crippen MR) is 78.9 cm³/mol. The van der Waals surface area contributed by atoms with Crippen molar-refractivity contribution in [1.82, 2.24) is 9.88 Å². The molecule has 1 heterocycles. The Bertz CT molecular complexity index is 570. The van der Waals surface area contributed by atoms with Gasteiger partial charge in [-0.15, -0.1) is 0 Å². The van der Waals surface area contributed by atoms with Crippen LogP contribution in [0.2, 0.25) is 0 Å². The summed E-state index contributed by atoms with van der Waals surface area (Å²) in [5.41, 5.74) is 7.66. The third-order valence-corrected chi connectivity index (χ3v) is 3.51. The number of nitrogen functional groups attached to an aromatic ring is 1. The summed E-state index contributed by atoms with van der Waals surface area (Å²) in [6.45, 7) is 4.50. The molecule has 0 unspecified atom stereocenters. The van der Waals surface area contributed by atoms with Crippen molar-refractivity contribution in [3.05, 3.63) is 30.5 Å². The van der Waals surface area contributed by atoms with Crippen molar-refractivity contribution in [3.63, 3.8) is 0 Å². The Morgan fingerprint density at radius 1 is 1.32 bits per heavy atom. The molecule has 0 aliphatic carbocycles. The summed E-state index contributed by atoms with van der Waals surface area (Å²) < 4.78 is 1.93. The molecular formula is C15H21N3O. The second-order valence-corrected chi connectivity index (χ2v) is 4.80. The largest absolute Gasteiger partial charge is 0.398 e. The number of fused-ring (bicyclic) bond motifs is 1. The number of hydrogen-bond acceptors (Lipinski definition) is 2. The maximum Gasteiger partial charge on any atom is 0.240 e. The van der Waals surface area contributed by atoms with Crippen LogP contribution in [-0.2, 0) is 11.3 Å². The molecule has 0 saturated carbocycles. The predicted octanol–water partition coefficient (Wildman–Crippen LogP) is 2.53. The number of carbonyl (C=O) groups excluding carboxylic acids is 1. The van der Waals surface area contributed by atoms with Gasteiger partial charge in [-0.25, -0.2) is 0 Å². The molecular weight excluding hydrogens is 238 g/mol. The number of aromatic nitrogens is 1. The van der Waals surface area contributed by atoms with Gasteiger partial charge in [-0.05, 0) is 31.0 Å². The Labute approximate surface area is 113 Å². The molecule has 2 rings (SSSR count). The SMILES string of the molecule is CCC(CC)NC(=O)Cn1ccc2c(N)cccc21. The average Bonchev–Trinajstić information content (AvgIpc) is 2.81. The second-order valence-electron chi connectivity index (χ2n) is 4.80. The first-order valence-electron chi connectivity index (χ1n) is 6.78. The number of nitrogens with zero attached hydrogens (tertiary/aromatic N) is 1. The van der Waals surface area contributed by atoms with Gasteiger partial charge in [0, 0.05) is 23.3 Å². The van der Waals surface area contributed by atoms with E-state index < -0.39 is 0 Å². The molecule has 0 radical (unpaired) electrons. The molecule has 0 bridgehead atoms. The van der Waals surface area contributed by atoms with Crippen LogP contribution in [0.15, 0.2) is 30.5 Å². The number of amides is 1. The number of anilines is 1. The smallest absolute Gasteiger partial charge is 0.240 e. The number of rotatable bonds is 5. The van der Waals surface area contributed by atoms with E-state index in [1.54, 1.807) is 0 Å². The summed E-state index contributed by atoms with van der Waals surface area (Å²) in [6.07, 6.45) is 3.83. The lowest BCUT2D eigenvalue weighted by molar-refractivity contribution is -0.122. The van der Waals surface area contributed by atoms with Crippen molar-refractivity contribution in [2.75, 3.05) is 5.73 Å². The molecule has 4 nitrogen and oxygen atoms in total. The summed E-state index contributed by atoms with van der Waals surface area (Å²) in [4.78, 5) is 12.0. The Hall–Kier alpha value is -1.97. The van der Waals surface area contributed by atoms with E-state index in [9.17, 15) is 4.79 Å². The van der Waals surface area contributed by atoms with Crippen LogP contribution in [0.1, 0.15) is 26.7 Å². The summed E-state index contributed by atoms with van der Waals surface area (Å²) in [5, 5.41) is 4.04. The lowest BCUT2D eigenvalue weighted by Crippen LogP contribution is -2.36. The maximum absolute atomic E-state index is 12.0. The maximum atomic E-state index is 12.0. The molecule has 0 saturated heterocycles. The Morgan fingerprint density at radius 2 is 2.05 bits per heavy atom. The molecule has 3 N–H and O–H groups in total. The van der Waals surface area contributed by atoms with Gasteiger partial charge >= 0.3 is 0 Å². The highest BCUT2D eigenvalue weighted by Gasteiger charge is 2.10. The van der Waals surface area contributed by atoms with Crippen LogP contribution < -0.4 is 11.1 Å². The van der Waals surface area contributed by atoms with E-state index in [1.807, 2.05) is 35.0 Å². The van der Waals surface area contributed by atoms with Gasteiger partial charge in [0.2, 0.25) is 5.91 Å². The van der Waals surface area contributed by atoms with Crippen LogP contribution in [-0.4, -0.2) is 16.5 Å². The van der Waals surface area contributed by atoms with Crippen molar-refractivity contribution in [1.29, 1.82) is 0 Å². The van der Waals surface area contributed by atoms with Gasteiger partial charge < -0.3 is 15.6 Å². The van der Waals surface area contributed by atoms with E-state index in [0.29, 0.717) is 6.54 Å².